The molecule has 0 saturated carbocycles. The van der Waals surface area contributed by atoms with Crippen molar-refractivity contribution in [2.24, 2.45) is 10.9 Å². The van der Waals surface area contributed by atoms with Crippen LogP contribution >= 0.6 is 39.9 Å². The van der Waals surface area contributed by atoms with Gasteiger partial charge in [0.05, 0.1) is 7.11 Å². The van der Waals surface area contributed by atoms with Crippen LogP contribution in [0.3, 0.4) is 0 Å². The second-order valence-corrected chi connectivity index (χ2v) is 7.08. The highest BCUT2D eigenvalue weighted by atomic mass is 127. The van der Waals surface area contributed by atoms with E-state index in [2.05, 4.69) is 42.5 Å². The SMILES string of the molecule is CN=C(NCc1cc(Br)ccc1OC)N1CCC(CC(=O)NC)CC1.I. The molecule has 8 heteroatoms. The number of carbonyl (C=O) groups excluding carboxylic acids is 1. The molecular weight excluding hydrogens is 511 g/mol. The molecule has 1 fully saturated rings. The Morgan fingerprint density at radius 2 is 2.08 bits per heavy atom. The van der Waals surface area contributed by atoms with Crippen LogP contribution in [0, 0.1) is 5.92 Å². The van der Waals surface area contributed by atoms with Crippen LogP contribution in [0.5, 0.6) is 5.75 Å². The second-order valence-electron chi connectivity index (χ2n) is 6.16. The number of aliphatic imine (C=N–C) groups is 1. The summed E-state index contributed by atoms with van der Waals surface area (Å²) in [7, 11) is 5.18. The largest absolute Gasteiger partial charge is 0.496 e. The first-order valence-electron chi connectivity index (χ1n) is 8.56. The van der Waals surface area contributed by atoms with E-state index in [-0.39, 0.29) is 29.9 Å². The van der Waals surface area contributed by atoms with Gasteiger partial charge >= 0.3 is 0 Å². The van der Waals surface area contributed by atoms with Crippen molar-refractivity contribution in [3.8, 4) is 5.75 Å². The summed E-state index contributed by atoms with van der Waals surface area (Å²) in [4.78, 5) is 18.2. The van der Waals surface area contributed by atoms with Crippen LogP contribution in [0.15, 0.2) is 27.7 Å². The molecule has 0 spiro atoms. The van der Waals surface area contributed by atoms with Gasteiger partial charge in [0.15, 0.2) is 5.96 Å². The van der Waals surface area contributed by atoms with Crippen LogP contribution in [-0.4, -0.2) is 51.1 Å². The van der Waals surface area contributed by atoms with Crippen LogP contribution in [0.2, 0.25) is 0 Å². The Kier molecular flexibility index (Phi) is 10.3. The number of methoxy groups -OCH3 is 1. The lowest BCUT2D eigenvalue weighted by Gasteiger charge is -2.34. The number of carbonyl (C=O) groups is 1. The summed E-state index contributed by atoms with van der Waals surface area (Å²) >= 11 is 3.50. The third-order valence-electron chi connectivity index (χ3n) is 4.56. The van der Waals surface area contributed by atoms with Gasteiger partial charge in [-0.05, 0) is 37.0 Å². The number of amides is 1. The van der Waals surface area contributed by atoms with Crippen molar-refractivity contribution in [3.63, 3.8) is 0 Å². The van der Waals surface area contributed by atoms with Gasteiger partial charge in [-0.1, -0.05) is 15.9 Å². The first-order chi connectivity index (χ1) is 12.1. The third kappa shape index (κ3) is 6.61. The average Bonchev–Trinajstić information content (AvgIpc) is 2.63. The summed E-state index contributed by atoms with van der Waals surface area (Å²) in [5.41, 5.74) is 1.08. The molecule has 1 aromatic carbocycles. The summed E-state index contributed by atoms with van der Waals surface area (Å²) in [6.07, 6.45) is 2.63. The average molecular weight is 539 g/mol. The number of hydrogen-bond donors (Lipinski definition) is 2. The number of nitrogens with one attached hydrogen (secondary N) is 2. The number of nitrogens with zero attached hydrogens (tertiary/aromatic N) is 2. The normalized spacial score (nSPS) is 15.2. The van der Waals surface area contributed by atoms with Crippen LogP contribution in [0.1, 0.15) is 24.8 Å². The highest BCUT2D eigenvalue weighted by Crippen LogP contribution is 2.23. The lowest BCUT2D eigenvalue weighted by molar-refractivity contribution is -0.121. The molecule has 0 bridgehead atoms. The molecule has 0 aromatic heterocycles. The Morgan fingerprint density at radius 1 is 1.38 bits per heavy atom. The fourth-order valence-electron chi connectivity index (χ4n) is 3.11. The first kappa shape index (κ1) is 23.0. The Morgan fingerprint density at radius 3 is 2.65 bits per heavy atom. The Labute approximate surface area is 181 Å². The Bertz CT molecular complexity index is 619. The van der Waals surface area contributed by atoms with Gasteiger partial charge in [0, 0.05) is 50.2 Å². The van der Waals surface area contributed by atoms with Gasteiger partial charge in [-0.2, -0.15) is 0 Å². The number of ether oxygens (including phenoxy) is 1. The van der Waals surface area contributed by atoms with Crippen LogP contribution in [-0.2, 0) is 11.3 Å². The lowest BCUT2D eigenvalue weighted by atomic mass is 9.93. The van der Waals surface area contributed by atoms with Crippen molar-refractivity contribution in [1.82, 2.24) is 15.5 Å². The van der Waals surface area contributed by atoms with Crippen LogP contribution < -0.4 is 15.4 Å². The minimum Gasteiger partial charge on any atom is -0.496 e. The van der Waals surface area contributed by atoms with Gasteiger partial charge in [0.25, 0.3) is 0 Å². The van der Waals surface area contributed by atoms with Crippen molar-refractivity contribution in [2.75, 3.05) is 34.3 Å². The fourth-order valence-corrected chi connectivity index (χ4v) is 3.51. The summed E-state index contributed by atoms with van der Waals surface area (Å²) in [5.74, 6) is 2.33. The van der Waals surface area contributed by atoms with Crippen molar-refractivity contribution in [3.05, 3.63) is 28.2 Å². The molecule has 1 aromatic rings. The molecule has 6 nitrogen and oxygen atoms in total. The van der Waals surface area contributed by atoms with Gasteiger partial charge in [0.2, 0.25) is 5.91 Å². The van der Waals surface area contributed by atoms with Crippen molar-refractivity contribution in [2.45, 2.75) is 25.8 Å². The van der Waals surface area contributed by atoms with Gasteiger partial charge in [-0.3, -0.25) is 9.79 Å². The summed E-state index contributed by atoms with van der Waals surface area (Å²) < 4.78 is 6.44. The smallest absolute Gasteiger partial charge is 0.220 e. The Hall–Kier alpha value is -1.03. The summed E-state index contributed by atoms with van der Waals surface area (Å²) in [6, 6.07) is 5.97. The number of rotatable bonds is 5. The highest BCUT2D eigenvalue weighted by molar-refractivity contribution is 14.0. The molecule has 0 aliphatic carbocycles. The molecule has 2 rings (SSSR count). The first-order valence-corrected chi connectivity index (χ1v) is 9.35. The van der Waals surface area contributed by atoms with E-state index in [4.69, 9.17) is 4.74 Å². The zero-order chi connectivity index (χ0) is 18.2. The molecule has 1 aliphatic rings. The topological polar surface area (TPSA) is 66.0 Å². The molecule has 1 saturated heterocycles. The maximum Gasteiger partial charge on any atom is 0.220 e. The zero-order valence-corrected chi connectivity index (χ0v) is 19.5. The lowest BCUT2D eigenvalue weighted by Crippen LogP contribution is -2.45. The van der Waals surface area contributed by atoms with Crippen molar-refractivity contribution < 1.29 is 9.53 Å². The predicted molar refractivity (Wildman–Crippen MR) is 119 cm³/mol. The van der Waals surface area contributed by atoms with Gasteiger partial charge in [-0.15, -0.1) is 24.0 Å². The number of halogens is 2. The van der Waals surface area contributed by atoms with Gasteiger partial charge < -0.3 is 20.3 Å². The van der Waals surface area contributed by atoms with E-state index < -0.39 is 0 Å². The molecule has 0 radical (unpaired) electrons. The number of hydrogen-bond acceptors (Lipinski definition) is 3. The molecule has 0 unspecified atom stereocenters. The van der Waals surface area contributed by atoms with Crippen LogP contribution in [0.4, 0.5) is 0 Å². The number of benzene rings is 1. The molecular formula is C18H28BrIN4O2. The maximum atomic E-state index is 11.5. The molecule has 2 N–H and O–H groups in total. The zero-order valence-electron chi connectivity index (χ0n) is 15.5. The van der Waals surface area contributed by atoms with E-state index in [0.717, 1.165) is 47.7 Å². The summed E-state index contributed by atoms with van der Waals surface area (Å²) in [5, 5.41) is 6.13. The number of likely N-dealkylation sites (tertiary alicyclic amines) is 1. The van der Waals surface area contributed by atoms with E-state index >= 15 is 0 Å². The highest BCUT2D eigenvalue weighted by Gasteiger charge is 2.23. The van der Waals surface area contributed by atoms with E-state index in [1.165, 1.54) is 0 Å². The van der Waals surface area contributed by atoms with E-state index in [9.17, 15) is 4.79 Å². The second kappa shape index (κ2) is 11.6. The third-order valence-corrected chi connectivity index (χ3v) is 5.05. The molecule has 1 heterocycles. The minimum atomic E-state index is 0. The van der Waals surface area contributed by atoms with Crippen LogP contribution in [0.25, 0.3) is 0 Å². The van der Waals surface area contributed by atoms with E-state index in [1.54, 1.807) is 21.2 Å². The van der Waals surface area contributed by atoms with Crippen molar-refractivity contribution in [1.29, 1.82) is 0 Å². The predicted octanol–water partition coefficient (Wildman–Crippen LogP) is 3.00. The molecule has 26 heavy (non-hydrogen) atoms. The van der Waals surface area contributed by atoms with Gasteiger partial charge in [0.1, 0.15) is 5.75 Å². The fraction of sp³-hybridized carbons (Fsp3) is 0.556. The minimum absolute atomic E-state index is 0. The Balaban J connectivity index is 0.00000338. The molecule has 0 atom stereocenters. The molecule has 1 amide bonds. The van der Waals surface area contributed by atoms with E-state index in [1.807, 2.05) is 12.1 Å². The van der Waals surface area contributed by atoms with E-state index in [0.29, 0.717) is 18.9 Å². The molecule has 146 valence electrons. The van der Waals surface area contributed by atoms with Crippen molar-refractivity contribution >= 4 is 51.8 Å². The molecule has 1 aliphatic heterocycles. The quantitative estimate of drug-likeness (QED) is 0.343. The summed E-state index contributed by atoms with van der Waals surface area (Å²) in [6.45, 7) is 2.47. The standard InChI is InChI=1S/C18H27BrN4O2.HI/c1-20-17(24)10-13-6-8-23(9-7-13)18(21-2)22-12-14-11-15(19)4-5-16(14)25-3;/h4-5,11,13H,6-10,12H2,1-3H3,(H,20,24)(H,21,22);1H. The number of piperidine rings is 1. The van der Waals surface area contributed by atoms with Gasteiger partial charge in [-0.25, -0.2) is 0 Å². The monoisotopic (exact) mass is 538 g/mol. The maximum absolute atomic E-state index is 11.5. The number of guanidine groups is 1.